The van der Waals surface area contributed by atoms with Crippen LogP contribution in [0.1, 0.15) is 25.7 Å². The van der Waals surface area contributed by atoms with Crippen molar-refractivity contribution in [3.05, 3.63) is 36.8 Å². The van der Waals surface area contributed by atoms with Crippen LogP contribution >= 0.6 is 0 Å². The summed E-state index contributed by atoms with van der Waals surface area (Å²) in [7, 11) is 0. The molecule has 2 heterocycles. The number of hydrogen-bond acceptors (Lipinski definition) is 3. The molecule has 0 bridgehead atoms. The quantitative estimate of drug-likeness (QED) is 0.893. The lowest BCUT2D eigenvalue weighted by Gasteiger charge is -2.11. The third-order valence-corrected chi connectivity index (χ3v) is 3.75. The molecule has 1 aliphatic rings. The van der Waals surface area contributed by atoms with E-state index in [9.17, 15) is 0 Å². The van der Waals surface area contributed by atoms with Gasteiger partial charge in [-0.1, -0.05) is 12.8 Å². The van der Waals surface area contributed by atoms with Crippen molar-refractivity contribution in [3.8, 4) is 11.3 Å². The third kappa shape index (κ3) is 3.20. The smallest absolute Gasteiger partial charge is 0.0924 e. The summed E-state index contributed by atoms with van der Waals surface area (Å²) in [6, 6.07) is 6.77. The van der Waals surface area contributed by atoms with Crippen LogP contribution in [-0.2, 0) is 6.54 Å². The number of nitrogens with zero attached hydrogens (tertiary/aromatic N) is 3. The van der Waals surface area contributed by atoms with Crippen LogP contribution in [0.15, 0.2) is 36.8 Å². The molecule has 0 atom stereocenters. The molecule has 1 N–H and O–H groups in total. The number of hydrogen-bond donors (Lipinski definition) is 1. The maximum Gasteiger partial charge on any atom is 0.0924 e. The first-order valence-electron chi connectivity index (χ1n) is 7.09. The first-order chi connectivity index (χ1) is 9.42. The molecule has 4 nitrogen and oxygen atoms in total. The lowest BCUT2D eigenvalue weighted by molar-refractivity contribution is 0.481. The predicted octanol–water partition coefficient (Wildman–Crippen LogP) is 2.48. The monoisotopic (exact) mass is 256 g/mol. The number of nitrogens with one attached hydrogen (secondary N) is 1. The van der Waals surface area contributed by atoms with E-state index in [1.54, 1.807) is 12.4 Å². The van der Waals surface area contributed by atoms with Crippen molar-refractivity contribution < 1.29 is 0 Å². The highest BCUT2D eigenvalue weighted by atomic mass is 15.3. The Hall–Kier alpha value is -1.68. The van der Waals surface area contributed by atoms with Crippen LogP contribution in [-0.4, -0.2) is 27.4 Å². The summed E-state index contributed by atoms with van der Waals surface area (Å²) in [5, 5.41) is 8.20. The SMILES string of the molecule is c1cc(-c2ccn(CCNC3CCCC3)n2)ccn1. The molecule has 0 aromatic carbocycles. The second kappa shape index (κ2) is 5.97. The second-order valence-corrected chi connectivity index (χ2v) is 5.14. The zero-order valence-electron chi connectivity index (χ0n) is 11.1. The van der Waals surface area contributed by atoms with Crippen LogP contribution in [0.3, 0.4) is 0 Å². The summed E-state index contributed by atoms with van der Waals surface area (Å²) >= 11 is 0. The van der Waals surface area contributed by atoms with Gasteiger partial charge in [0, 0.05) is 36.7 Å². The molecule has 0 amide bonds. The molecule has 1 aliphatic carbocycles. The summed E-state index contributed by atoms with van der Waals surface area (Å²) in [4.78, 5) is 4.03. The van der Waals surface area contributed by atoms with Gasteiger partial charge in [-0.05, 0) is 31.0 Å². The van der Waals surface area contributed by atoms with Gasteiger partial charge < -0.3 is 5.32 Å². The van der Waals surface area contributed by atoms with Gasteiger partial charge >= 0.3 is 0 Å². The van der Waals surface area contributed by atoms with Gasteiger partial charge in [0.25, 0.3) is 0 Å². The molecule has 19 heavy (non-hydrogen) atoms. The molecular weight excluding hydrogens is 236 g/mol. The van der Waals surface area contributed by atoms with Crippen LogP contribution in [0, 0.1) is 0 Å². The molecule has 0 saturated heterocycles. The van der Waals surface area contributed by atoms with E-state index >= 15 is 0 Å². The first-order valence-corrected chi connectivity index (χ1v) is 7.09. The summed E-state index contributed by atoms with van der Waals surface area (Å²) < 4.78 is 2.01. The molecule has 2 aromatic rings. The van der Waals surface area contributed by atoms with E-state index < -0.39 is 0 Å². The molecule has 1 fully saturated rings. The van der Waals surface area contributed by atoms with Crippen molar-refractivity contribution in [1.82, 2.24) is 20.1 Å². The normalized spacial score (nSPS) is 16.0. The third-order valence-electron chi connectivity index (χ3n) is 3.75. The van der Waals surface area contributed by atoms with E-state index in [2.05, 4.69) is 21.5 Å². The van der Waals surface area contributed by atoms with Crippen molar-refractivity contribution in [1.29, 1.82) is 0 Å². The minimum absolute atomic E-state index is 0.732. The highest BCUT2D eigenvalue weighted by Crippen LogP contribution is 2.17. The summed E-state index contributed by atoms with van der Waals surface area (Å²) in [6.07, 6.45) is 11.1. The minimum atomic E-state index is 0.732. The van der Waals surface area contributed by atoms with Gasteiger partial charge in [-0.15, -0.1) is 0 Å². The maximum atomic E-state index is 4.59. The fourth-order valence-corrected chi connectivity index (χ4v) is 2.68. The molecule has 0 radical (unpaired) electrons. The summed E-state index contributed by atoms with van der Waals surface area (Å²) in [6.45, 7) is 1.93. The minimum Gasteiger partial charge on any atom is -0.312 e. The Morgan fingerprint density at radius 1 is 1.16 bits per heavy atom. The molecule has 0 spiro atoms. The van der Waals surface area contributed by atoms with Gasteiger partial charge in [-0.25, -0.2) is 0 Å². The molecule has 2 aromatic heterocycles. The van der Waals surface area contributed by atoms with Crippen LogP contribution in [0.4, 0.5) is 0 Å². The van der Waals surface area contributed by atoms with E-state index in [4.69, 9.17) is 0 Å². The Kier molecular flexibility index (Phi) is 3.89. The maximum absolute atomic E-state index is 4.59. The van der Waals surface area contributed by atoms with Crippen LogP contribution < -0.4 is 5.32 Å². The van der Waals surface area contributed by atoms with Gasteiger partial charge in [-0.3, -0.25) is 9.67 Å². The molecule has 0 aliphatic heterocycles. The molecule has 4 heteroatoms. The molecule has 3 rings (SSSR count). The van der Waals surface area contributed by atoms with Gasteiger partial charge in [0.15, 0.2) is 0 Å². The Labute approximate surface area is 113 Å². The van der Waals surface area contributed by atoms with Crippen molar-refractivity contribution in [2.45, 2.75) is 38.3 Å². The van der Waals surface area contributed by atoms with Gasteiger partial charge in [-0.2, -0.15) is 5.10 Å². The zero-order chi connectivity index (χ0) is 12.9. The highest BCUT2D eigenvalue weighted by molar-refractivity contribution is 5.57. The Morgan fingerprint density at radius 3 is 2.74 bits per heavy atom. The van der Waals surface area contributed by atoms with Crippen LogP contribution in [0.25, 0.3) is 11.3 Å². The fraction of sp³-hybridized carbons (Fsp3) is 0.467. The first kappa shape index (κ1) is 12.4. The Bertz CT molecular complexity index is 500. The number of rotatable bonds is 5. The van der Waals surface area contributed by atoms with Gasteiger partial charge in [0.2, 0.25) is 0 Å². The van der Waals surface area contributed by atoms with Crippen molar-refractivity contribution in [2.75, 3.05) is 6.54 Å². The highest BCUT2D eigenvalue weighted by Gasteiger charge is 2.13. The topological polar surface area (TPSA) is 42.7 Å². The lowest BCUT2D eigenvalue weighted by atomic mass is 10.2. The van der Waals surface area contributed by atoms with E-state index in [0.717, 1.165) is 30.4 Å². The van der Waals surface area contributed by atoms with Gasteiger partial charge in [0.1, 0.15) is 0 Å². The standard InChI is InChI=1S/C15H20N4/c1-2-4-14(3-1)17-10-12-19-11-7-15(18-19)13-5-8-16-9-6-13/h5-9,11,14,17H,1-4,10,12H2. The average molecular weight is 256 g/mol. The molecular formula is C15H20N4. The van der Waals surface area contributed by atoms with E-state index in [-0.39, 0.29) is 0 Å². The molecule has 0 unspecified atom stereocenters. The Balaban J connectivity index is 1.53. The number of pyridine rings is 1. The predicted molar refractivity (Wildman–Crippen MR) is 75.7 cm³/mol. The lowest BCUT2D eigenvalue weighted by Crippen LogP contribution is -2.29. The van der Waals surface area contributed by atoms with Gasteiger partial charge in [0.05, 0.1) is 12.2 Å². The van der Waals surface area contributed by atoms with E-state index in [1.165, 1.54) is 25.7 Å². The zero-order valence-corrected chi connectivity index (χ0v) is 11.1. The van der Waals surface area contributed by atoms with Crippen molar-refractivity contribution in [2.24, 2.45) is 0 Å². The van der Waals surface area contributed by atoms with E-state index in [1.807, 2.05) is 23.0 Å². The Morgan fingerprint density at radius 2 is 1.95 bits per heavy atom. The van der Waals surface area contributed by atoms with Crippen molar-refractivity contribution >= 4 is 0 Å². The van der Waals surface area contributed by atoms with Crippen LogP contribution in [0.5, 0.6) is 0 Å². The average Bonchev–Trinajstić information content (AvgIpc) is 3.11. The molecule has 100 valence electrons. The van der Waals surface area contributed by atoms with E-state index in [0.29, 0.717) is 0 Å². The number of aromatic nitrogens is 3. The largest absolute Gasteiger partial charge is 0.312 e. The van der Waals surface area contributed by atoms with Crippen molar-refractivity contribution in [3.63, 3.8) is 0 Å². The van der Waals surface area contributed by atoms with Crippen LogP contribution in [0.2, 0.25) is 0 Å². The fourth-order valence-electron chi connectivity index (χ4n) is 2.68. The summed E-state index contributed by atoms with van der Waals surface area (Å²) in [5.41, 5.74) is 2.14. The second-order valence-electron chi connectivity index (χ2n) is 5.14. The molecule has 1 saturated carbocycles. The summed E-state index contributed by atoms with van der Waals surface area (Å²) in [5.74, 6) is 0.